The number of carbonyl (C=O) groups excluding carboxylic acids is 1. The normalized spacial score (nSPS) is 11.2. The Labute approximate surface area is 181 Å². The van der Waals surface area contributed by atoms with Crippen LogP contribution in [0.3, 0.4) is 0 Å². The molecule has 0 spiro atoms. The Morgan fingerprint density at radius 2 is 1.43 bits per heavy atom. The van der Waals surface area contributed by atoms with E-state index in [0.29, 0.717) is 22.0 Å². The second-order valence-corrected chi connectivity index (χ2v) is 8.21. The Bertz CT molecular complexity index is 576. The molecule has 0 radical (unpaired) electrons. The van der Waals surface area contributed by atoms with Gasteiger partial charge in [0.1, 0.15) is 0 Å². The van der Waals surface area contributed by atoms with Crippen molar-refractivity contribution >= 4 is 35.3 Å². The molecule has 0 bridgehead atoms. The molecule has 0 atom stereocenters. The number of hydrogen-bond donors (Lipinski definition) is 1. The number of carbonyl (C=O) groups is 1. The third kappa shape index (κ3) is 12.4. The number of hydrazone groups is 1. The minimum absolute atomic E-state index is 0.0579. The predicted octanol–water partition coefficient (Wildman–Crippen LogP) is 7.92. The van der Waals surface area contributed by atoms with Gasteiger partial charge in [0.15, 0.2) is 0 Å². The van der Waals surface area contributed by atoms with Crippen LogP contribution in [0.1, 0.15) is 102 Å². The standard InChI is InChI=1S/C23H36Cl2N2O/c1-2-3-4-5-6-7-8-9-10-11-12-13-14-18-22(28)27-26-19-20-16-15-17-21(24)23(20)25/h15-17,19H,2-14,18H2,1H3,(H,27,28). The average molecular weight is 427 g/mol. The van der Waals surface area contributed by atoms with Gasteiger partial charge >= 0.3 is 0 Å². The number of nitrogens with one attached hydrogen (secondary N) is 1. The van der Waals surface area contributed by atoms with Crippen LogP contribution in [0.5, 0.6) is 0 Å². The molecular weight excluding hydrogens is 391 g/mol. The van der Waals surface area contributed by atoms with Crippen molar-refractivity contribution in [1.82, 2.24) is 5.43 Å². The summed E-state index contributed by atoms with van der Waals surface area (Å²) in [6.07, 6.45) is 18.9. The Morgan fingerprint density at radius 1 is 0.893 bits per heavy atom. The van der Waals surface area contributed by atoms with Gasteiger partial charge in [-0.15, -0.1) is 0 Å². The zero-order chi connectivity index (χ0) is 20.5. The van der Waals surface area contributed by atoms with Crippen molar-refractivity contribution in [3.8, 4) is 0 Å². The van der Waals surface area contributed by atoms with Gasteiger partial charge in [-0.1, -0.05) is 119 Å². The van der Waals surface area contributed by atoms with E-state index in [1.54, 1.807) is 18.2 Å². The second kappa shape index (κ2) is 16.9. The molecule has 0 fully saturated rings. The predicted molar refractivity (Wildman–Crippen MR) is 123 cm³/mol. The minimum Gasteiger partial charge on any atom is -0.273 e. The highest BCUT2D eigenvalue weighted by molar-refractivity contribution is 6.43. The maximum absolute atomic E-state index is 11.8. The first kappa shape index (κ1) is 25.0. The van der Waals surface area contributed by atoms with Crippen molar-refractivity contribution in [3.05, 3.63) is 33.8 Å². The fourth-order valence-corrected chi connectivity index (χ4v) is 3.51. The highest BCUT2D eigenvalue weighted by Gasteiger charge is 2.02. The van der Waals surface area contributed by atoms with Crippen LogP contribution in [0.15, 0.2) is 23.3 Å². The van der Waals surface area contributed by atoms with Crippen molar-refractivity contribution in [1.29, 1.82) is 0 Å². The molecule has 1 aromatic carbocycles. The topological polar surface area (TPSA) is 41.5 Å². The molecule has 0 aliphatic heterocycles. The molecule has 1 amide bonds. The Hall–Kier alpha value is -1.06. The van der Waals surface area contributed by atoms with Gasteiger partial charge in [0, 0.05) is 12.0 Å². The van der Waals surface area contributed by atoms with Gasteiger partial charge in [-0.3, -0.25) is 4.79 Å². The average Bonchev–Trinajstić information content (AvgIpc) is 2.69. The molecule has 3 nitrogen and oxygen atoms in total. The Kier molecular flexibility index (Phi) is 15.0. The molecule has 0 saturated carbocycles. The fraction of sp³-hybridized carbons (Fsp3) is 0.652. The second-order valence-electron chi connectivity index (χ2n) is 7.43. The summed E-state index contributed by atoms with van der Waals surface area (Å²) in [6, 6.07) is 5.32. The minimum atomic E-state index is -0.0579. The van der Waals surface area contributed by atoms with E-state index in [9.17, 15) is 4.79 Å². The van der Waals surface area contributed by atoms with E-state index in [1.807, 2.05) is 0 Å². The Balaban J connectivity index is 1.94. The lowest BCUT2D eigenvalue weighted by Gasteiger charge is -2.03. The Morgan fingerprint density at radius 3 is 2.00 bits per heavy atom. The van der Waals surface area contributed by atoms with Crippen molar-refractivity contribution in [2.75, 3.05) is 0 Å². The van der Waals surface area contributed by atoms with E-state index in [1.165, 1.54) is 76.8 Å². The number of unbranched alkanes of at least 4 members (excludes halogenated alkanes) is 12. The molecule has 158 valence electrons. The summed E-state index contributed by atoms with van der Waals surface area (Å²) in [5.41, 5.74) is 3.24. The lowest BCUT2D eigenvalue weighted by molar-refractivity contribution is -0.121. The quantitative estimate of drug-likeness (QED) is 0.162. The van der Waals surface area contributed by atoms with Crippen LogP contribution in [0.4, 0.5) is 0 Å². The number of nitrogens with zero attached hydrogens (tertiary/aromatic N) is 1. The summed E-state index contributed by atoms with van der Waals surface area (Å²) >= 11 is 12.0. The van der Waals surface area contributed by atoms with E-state index < -0.39 is 0 Å². The highest BCUT2D eigenvalue weighted by atomic mass is 35.5. The van der Waals surface area contributed by atoms with Crippen LogP contribution in [0.2, 0.25) is 10.0 Å². The van der Waals surface area contributed by atoms with Gasteiger partial charge in [0.25, 0.3) is 0 Å². The van der Waals surface area contributed by atoms with Gasteiger partial charge in [0.2, 0.25) is 5.91 Å². The summed E-state index contributed by atoms with van der Waals surface area (Å²) in [6.45, 7) is 2.26. The lowest BCUT2D eigenvalue weighted by atomic mass is 10.0. The molecule has 0 unspecified atom stereocenters. The first-order valence-electron chi connectivity index (χ1n) is 10.9. The summed E-state index contributed by atoms with van der Waals surface area (Å²) in [5, 5.41) is 4.88. The van der Waals surface area contributed by atoms with Crippen LogP contribution in [-0.4, -0.2) is 12.1 Å². The number of amides is 1. The summed E-state index contributed by atoms with van der Waals surface area (Å²) in [5.74, 6) is -0.0579. The first-order valence-corrected chi connectivity index (χ1v) is 11.7. The molecular formula is C23H36Cl2N2O. The monoisotopic (exact) mass is 426 g/mol. The van der Waals surface area contributed by atoms with Crippen LogP contribution < -0.4 is 5.43 Å². The van der Waals surface area contributed by atoms with Crippen LogP contribution in [0.25, 0.3) is 0 Å². The SMILES string of the molecule is CCCCCCCCCCCCCCCC(=O)NN=Cc1cccc(Cl)c1Cl. The van der Waals surface area contributed by atoms with Gasteiger partial charge < -0.3 is 0 Å². The molecule has 0 aliphatic rings. The number of rotatable bonds is 16. The zero-order valence-corrected chi connectivity index (χ0v) is 18.8. The van der Waals surface area contributed by atoms with Crippen LogP contribution in [-0.2, 0) is 4.79 Å². The van der Waals surface area contributed by atoms with Crippen LogP contribution >= 0.6 is 23.2 Å². The van der Waals surface area contributed by atoms with Crippen molar-refractivity contribution in [2.45, 2.75) is 96.8 Å². The van der Waals surface area contributed by atoms with E-state index in [4.69, 9.17) is 23.2 Å². The van der Waals surface area contributed by atoms with Gasteiger partial charge in [-0.2, -0.15) is 5.10 Å². The summed E-state index contributed by atoms with van der Waals surface area (Å²) in [7, 11) is 0. The van der Waals surface area contributed by atoms with Crippen molar-refractivity contribution in [3.63, 3.8) is 0 Å². The molecule has 5 heteroatoms. The molecule has 1 aromatic rings. The fourth-order valence-electron chi connectivity index (χ4n) is 3.15. The van der Waals surface area contributed by atoms with E-state index in [2.05, 4.69) is 17.5 Å². The number of benzene rings is 1. The van der Waals surface area contributed by atoms with Gasteiger partial charge in [-0.05, 0) is 12.5 Å². The maximum atomic E-state index is 11.8. The summed E-state index contributed by atoms with van der Waals surface area (Å²) in [4.78, 5) is 11.8. The third-order valence-electron chi connectivity index (χ3n) is 4.88. The van der Waals surface area contributed by atoms with E-state index >= 15 is 0 Å². The molecule has 1 rings (SSSR count). The molecule has 0 aromatic heterocycles. The van der Waals surface area contributed by atoms with Gasteiger partial charge in [-0.25, -0.2) is 5.43 Å². The molecule has 1 N–H and O–H groups in total. The number of halogens is 2. The largest absolute Gasteiger partial charge is 0.273 e. The zero-order valence-electron chi connectivity index (χ0n) is 17.3. The van der Waals surface area contributed by atoms with Crippen molar-refractivity contribution in [2.24, 2.45) is 5.10 Å². The van der Waals surface area contributed by atoms with E-state index in [-0.39, 0.29) is 5.91 Å². The number of hydrogen-bond acceptors (Lipinski definition) is 2. The summed E-state index contributed by atoms with van der Waals surface area (Å²) < 4.78 is 0. The molecule has 0 saturated heterocycles. The molecule has 0 aliphatic carbocycles. The molecule has 28 heavy (non-hydrogen) atoms. The van der Waals surface area contributed by atoms with Crippen molar-refractivity contribution < 1.29 is 4.79 Å². The lowest BCUT2D eigenvalue weighted by Crippen LogP contribution is -2.16. The molecule has 0 heterocycles. The first-order chi connectivity index (χ1) is 13.6. The van der Waals surface area contributed by atoms with E-state index in [0.717, 1.165) is 12.8 Å². The third-order valence-corrected chi connectivity index (χ3v) is 5.72. The van der Waals surface area contributed by atoms with Gasteiger partial charge in [0.05, 0.1) is 16.3 Å². The highest BCUT2D eigenvalue weighted by Crippen LogP contribution is 2.24. The smallest absolute Gasteiger partial charge is 0.240 e. The van der Waals surface area contributed by atoms with Crippen LogP contribution in [0, 0.1) is 0 Å². The maximum Gasteiger partial charge on any atom is 0.240 e.